The van der Waals surface area contributed by atoms with E-state index in [1.165, 1.54) is 12.1 Å². The van der Waals surface area contributed by atoms with Crippen molar-refractivity contribution in [2.75, 3.05) is 13.2 Å². The minimum absolute atomic E-state index is 0.347. The maximum Gasteiger partial charge on any atom is 0.170 e. The highest BCUT2D eigenvalue weighted by atomic mass is 35.5. The molecule has 4 nitrogen and oxygen atoms in total. The Balaban J connectivity index is 1.24. The molecule has 0 atom stereocenters. The van der Waals surface area contributed by atoms with Crippen molar-refractivity contribution in [1.82, 2.24) is 10.5 Å². The van der Waals surface area contributed by atoms with Gasteiger partial charge in [0.15, 0.2) is 5.58 Å². The molecule has 0 radical (unpaired) electrons. The van der Waals surface area contributed by atoms with Gasteiger partial charge in [0, 0.05) is 23.6 Å². The monoisotopic (exact) mass is 444 g/mol. The number of aromatic nitrogens is 1. The Bertz CT molecular complexity index is 1150. The van der Waals surface area contributed by atoms with E-state index in [0.717, 1.165) is 41.8 Å². The first-order valence-corrected chi connectivity index (χ1v) is 10.3. The first-order chi connectivity index (χ1) is 14.6. The fraction of sp³-hybridized carbons (Fsp3) is 0.174. The Morgan fingerprint density at radius 1 is 0.967 bits per heavy atom. The molecule has 4 aromatic rings. The summed E-state index contributed by atoms with van der Waals surface area (Å²) in [6.45, 7) is 2.14. The molecule has 30 heavy (non-hydrogen) atoms. The second kappa shape index (κ2) is 9.47. The van der Waals surface area contributed by atoms with Crippen LogP contribution in [0.15, 0.2) is 65.2 Å². The van der Waals surface area contributed by atoms with Crippen LogP contribution in [-0.4, -0.2) is 18.3 Å². The highest BCUT2D eigenvalue weighted by molar-refractivity contribution is 6.42. The molecule has 1 N–H and O–H groups in total. The SMILES string of the molecule is Fc1ccc2c(-c3ccc(OCCCNCc4ccc(Cl)c(Cl)c4)cc3)noc2c1. The highest BCUT2D eigenvalue weighted by Crippen LogP contribution is 2.29. The van der Waals surface area contributed by atoms with Gasteiger partial charge in [-0.3, -0.25) is 0 Å². The van der Waals surface area contributed by atoms with Gasteiger partial charge in [0.1, 0.15) is 17.3 Å². The van der Waals surface area contributed by atoms with Crippen LogP contribution >= 0.6 is 23.2 Å². The number of fused-ring (bicyclic) bond motifs is 1. The zero-order valence-electron chi connectivity index (χ0n) is 16.0. The number of rotatable bonds is 8. The summed E-state index contributed by atoms with van der Waals surface area (Å²) in [7, 11) is 0. The van der Waals surface area contributed by atoms with Crippen LogP contribution in [0, 0.1) is 5.82 Å². The maximum absolute atomic E-state index is 13.3. The molecule has 0 saturated carbocycles. The summed E-state index contributed by atoms with van der Waals surface area (Å²) < 4.78 is 24.3. The first kappa shape index (κ1) is 20.7. The minimum atomic E-state index is -0.347. The van der Waals surface area contributed by atoms with E-state index < -0.39 is 0 Å². The van der Waals surface area contributed by atoms with Crippen molar-refractivity contribution in [2.24, 2.45) is 0 Å². The number of benzene rings is 3. The van der Waals surface area contributed by atoms with Crippen molar-refractivity contribution >= 4 is 34.2 Å². The number of ether oxygens (including phenoxy) is 1. The lowest BCUT2D eigenvalue weighted by Crippen LogP contribution is -2.17. The van der Waals surface area contributed by atoms with Gasteiger partial charge in [0.05, 0.1) is 16.7 Å². The molecular weight excluding hydrogens is 426 g/mol. The van der Waals surface area contributed by atoms with Gasteiger partial charge >= 0.3 is 0 Å². The van der Waals surface area contributed by atoms with Crippen molar-refractivity contribution in [3.05, 3.63) is 82.1 Å². The Labute approximate surface area is 183 Å². The van der Waals surface area contributed by atoms with Gasteiger partial charge in [-0.25, -0.2) is 4.39 Å². The summed E-state index contributed by atoms with van der Waals surface area (Å²) >= 11 is 11.9. The van der Waals surface area contributed by atoms with Gasteiger partial charge in [0.25, 0.3) is 0 Å². The number of halogens is 3. The van der Waals surface area contributed by atoms with E-state index in [9.17, 15) is 4.39 Å². The lowest BCUT2D eigenvalue weighted by molar-refractivity contribution is 0.308. The maximum atomic E-state index is 13.3. The molecule has 0 fully saturated rings. The van der Waals surface area contributed by atoms with Gasteiger partial charge in [-0.05, 0) is 67.1 Å². The van der Waals surface area contributed by atoms with Crippen LogP contribution in [0.5, 0.6) is 5.75 Å². The molecule has 0 aliphatic rings. The molecule has 154 valence electrons. The van der Waals surface area contributed by atoms with Crippen LogP contribution in [0.2, 0.25) is 10.0 Å². The molecule has 1 aromatic heterocycles. The Hall–Kier alpha value is -2.60. The Morgan fingerprint density at radius 3 is 2.60 bits per heavy atom. The van der Waals surface area contributed by atoms with Crippen molar-refractivity contribution in [3.8, 4) is 17.0 Å². The van der Waals surface area contributed by atoms with Gasteiger partial charge in [0.2, 0.25) is 0 Å². The number of nitrogens with zero attached hydrogens (tertiary/aromatic N) is 1. The number of nitrogens with one attached hydrogen (secondary N) is 1. The van der Waals surface area contributed by atoms with Gasteiger partial charge in [-0.1, -0.05) is 34.4 Å². The summed E-state index contributed by atoms with van der Waals surface area (Å²) in [5, 5.41) is 9.32. The second-order valence-electron chi connectivity index (χ2n) is 6.82. The van der Waals surface area contributed by atoms with E-state index in [-0.39, 0.29) is 5.82 Å². The zero-order chi connectivity index (χ0) is 20.9. The van der Waals surface area contributed by atoms with Crippen LogP contribution in [0.1, 0.15) is 12.0 Å². The molecular formula is C23H19Cl2FN2O2. The van der Waals surface area contributed by atoms with Crippen LogP contribution in [0.3, 0.4) is 0 Å². The Kier molecular flexibility index (Phi) is 6.53. The fourth-order valence-electron chi connectivity index (χ4n) is 3.10. The zero-order valence-corrected chi connectivity index (χ0v) is 17.5. The van der Waals surface area contributed by atoms with E-state index in [4.69, 9.17) is 32.5 Å². The van der Waals surface area contributed by atoms with Crippen LogP contribution in [0.25, 0.3) is 22.2 Å². The predicted octanol–water partition coefficient (Wildman–Crippen LogP) is 6.50. The van der Waals surface area contributed by atoms with Crippen LogP contribution < -0.4 is 10.1 Å². The van der Waals surface area contributed by atoms with Gasteiger partial charge in [-0.15, -0.1) is 0 Å². The summed E-state index contributed by atoms with van der Waals surface area (Å²) in [5.41, 5.74) is 3.08. The summed E-state index contributed by atoms with van der Waals surface area (Å²) in [6, 6.07) is 17.6. The summed E-state index contributed by atoms with van der Waals surface area (Å²) in [5.74, 6) is 0.433. The third-order valence-corrected chi connectivity index (χ3v) is 5.38. The molecule has 0 amide bonds. The third kappa shape index (κ3) is 4.93. The average Bonchev–Trinajstić information content (AvgIpc) is 3.16. The standard InChI is InChI=1S/C23H19Cl2FN2O2/c24-20-9-2-15(12-21(20)25)14-27-10-1-11-29-18-6-3-16(4-7-18)23-19-8-5-17(26)13-22(19)30-28-23/h2-9,12-13,27H,1,10-11,14H2. The van der Waals surface area contributed by atoms with Crippen LogP contribution in [-0.2, 0) is 6.54 Å². The van der Waals surface area contributed by atoms with Gasteiger partial charge < -0.3 is 14.6 Å². The molecule has 3 aromatic carbocycles. The molecule has 7 heteroatoms. The molecule has 0 saturated heterocycles. The van der Waals surface area contributed by atoms with E-state index in [2.05, 4.69) is 10.5 Å². The topological polar surface area (TPSA) is 47.3 Å². The van der Waals surface area contributed by atoms with E-state index in [1.807, 2.05) is 36.4 Å². The number of hydrogen-bond donors (Lipinski definition) is 1. The van der Waals surface area contributed by atoms with E-state index in [1.54, 1.807) is 12.1 Å². The molecule has 0 aliphatic carbocycles. The summed E-state index contributed by atoms with van der Waals surface area (Å²) in [6.07, 6.45) is 0.864. The lowest BCUT2D eigenvalue weighted by atomic mass is 10.1. The Morgan fingerprint density at radius 2 is 1.80 bits per heavy atom. The van der Waals surface area contributed by atoms with Crippen molar-refractivity contribution in [3.63, 3.8) is 0 Å². The average molecular weight is 445 g/mol. The molecule has 1 heterocycles. The molecule has 0 bridgehead atoms. The van der Waals surface area contributed by atoms with E-state index in [0.29, 0.717) is 27.9 Å². The number of hydrogen-bond acceptors (Lipinski definition) is 4. The molecule has 4 rings (SSSR count). The van der Waals surface area contributed by atoms with Crippen molar-refractivity contribution in [2.45, 2.75) is 13.0 Å². The molecule has 0 unspecified atom stereocenters. The predicted molar refractivity (Wildman–Crippen MR) is 118 cm³/mol. The van der Waals surface area contributed by atoms with Crippen molar-refractivity contribution in [1.29, 1.82) is 0 Å². The van der Waals surface area contributed by atoms with Gasteiger partial charge in [-0.2, -0.15) is 0 Å². The fourth-order valence-corrected chi connectivity index (χ4v) is 3.42. The summed E-state index contributed by atoms with van der Waals surface area (Å²) in [4.78, 5) is 0. The third-order valence-electron chi connectivity index (χ3n) is 4.64. The molecule has 0 aliphatic heterocycles. The highest BCUT2D eigenvalue weighted by Gasteiger charge is 2.11. The minimum Gasteiger partial charge on any atom is -0.494 e. The lowest BCUT2D eigenvalue weighted by Gasteiger charge is -2.08. The largest absolute Gasteiger partial charge is 0.494 e. The van der Waals surface area contributed by atoms with E-state index >= 15 is 0 Å². The quantitative estimate of drug-likeness (QED) is 0.315. The second-order valence-corrected chi connectivity index (χ2v) is 7.64. The van der Waals surface area contributed by atoms with Crippen molar-refractivity contribution < 1.29 is 13.7 Å². The normalized spacial score (nSPS) is 11.2. The molecule has 0 spiro atoms. The smallest absolute Gasteiger partial charge is 0.170 e. The first-order valence-electron chi connectivity index (χ1n) is 9.53. The van der Waals surface area contributed by atoms with Crippen LogP contribution in [0.4, 0.5) is 4.39 Å².